The minimum absolute atomic E-state index is 0.00640. The molecule has 0 aromatic carbocycles. The average Bonchev–Trinajstić information content (AvgIpc) is 3.52. The molecule has 12 heteroatoms. The largest absolute Gasteiger partial charge is 0.467 e. The molecule has 2 aromatic heterocycles. The number of thioether (sulfide) groups is 1. The fourth-order valence-electron chi connectivity index (χ4n) is 3.83. The normalized spacial score (nSPS) is 19.5. The van der Waals surface area contributed by atoms with E-state index in [0.717, 1.165) is 10.7 Å². The van der Waals surface area contributed by atoms with Gasteiger partial charge < -0.3 is 18.9 Å². The highest BCUT2D eigenvalue weighted by Crippen LogP contribution is 2.27. The quantitative estimate of drug-likeness (QED) is 0.468. The molecule has 1 atom stereocenters. The fourth-order valence-corrected chi connectivity index (χ4v) is 5.38. The number of amides is 2. The molecular weight excluding hydrogens is 442 g/mol. The highest BCUT2D eigenvalue weighted by atomic mass is 32.2. The molecule has 2 aromatic rings. The van der Waals surface area contributed by atoms with E-state index in [1.54, 1.807) is 16.2 Å². The number of rotatable bonds is 6. The molecule has 166 valence electrons. The molecule has 4 rings (SSSR count). The number of hydrogen-bond donors (Lipinski definition) is 0. The minimum atomic E-state index is -0.714. The van der Waals surface area contributed by atoms with E-state index in [-0.39, 0.29) is 24.3 Å². The van der Waals surface area contributed by atoms with Crippen LogP contribution in [0.15, 0.2) is 22.7 Å². The van der Waals surface area contributed by atoms with Gasteiger partial charge in [-0.3, -0.25) is 9.69 Å². The summed E-state index contributed by atoms with van der Waals surface area (Å²) < 4.78 is 11.7. The van der Waals surface area contributed by atoms with Crippen molar-refractivity contribution in [2.24, 2.45) is 7.05 Å². The summed E-state index contributed by atoms with van der Waals surface area (Å²) in [6.07, 6.45) is 0.677. The van der Waals surface area contributed by atoms with Crippen LogP contribution in [0.5, 0.6) is 0 Å². The van der Waals surface area contributed by atoms with Crippen molar-refractivity contribution in [2.45, 2.75) is 30.1 Å². The van der Waals surface area contributed by atoms with Crippen molar-refractivity contribution in [3.8, 4) is 10.7 Å². The zero-order valence-corrected chi connectivity index (χ0v) is 18.9. The van der Waals surface area contributed by atoms with Gasteiger partial charge in [-0.15, -0.1) is 21.5 Å². The summed E-state index contributed by atoms with van der Waals surface area (Å²) in [6.45, 7) is 1.04. The Morgan fingerprint density at radius 1 is 1.32 bits per heavy atom. The second-order valence-electron chi connectivity index (χ2n) is 7.27. The van der Waals surface area contributed by atoms with E-state index >= 15 is 0 Å². The molecule has 0 aliphatic carbocycles. The van der Waals surface area contributed by atoms with Gasteiger partial charge in [-0.05, 0) is 24.3 Å². The molecule has 2 amide bonds. The van der Waals surface area contributed by atoms with Crippen molar-refractivity contribution < 1.29 is 23.9 Å². The Balaban J connectivity index is 1.30. The van der Waals surface area contributed by atoms with Crippen molar-refractivity contribution in [2.75, 3.05) is 32.6 Å². The van der Waals surface area contributed by atoms with Gasteiger partial charge in [0.25, 0.3) is 0 Å². The number of likely N-dealkylation sites (tertiary alicyclic amines) is 1. The smallest absolute Gasteiger partial charge is 0.410 e. The molecule has 0 bridgehead atoms. The van der Waals surface area contributed by atoms with Crippen LogP contribution in [-0.2, 0) is 26.1 Å². The average molecular weight is 466 g/mol. The van der Waals surface area contributed by atoms with E-state index in [0.29, 0.717) is 31.1 Å². The molecule has 2 saturated heterocycles. The Kier molecular flexibility index (Phi) is 6.46. The second kappa shape index (κ2) is 9.27. The first-order valence-corrected chi connectivity index (χ1v) is 11.7. The maximum absolute atomic E-state index is 12.7. The molecule has 31 heavy (non-hydrogen) atoms. The number of aromatic nitrogens is 3. The summed E-state index contributed by atoms with van der Waals surface area (Å²) in [6, 6.07) is 3.08. The van der Waals surface area contributed by atoms with Gasteiger partial charge in [-0.1, -0.05) is 17.8 Å². The monoisotopic (exact) mass is 465 g/mol. The molecule has 0 radical (unpaired) electrons. The number of esters is 1. The van der Waals surface area contributed by atoms with Crippen molar-refractivity contribution in [3.05, 3.63) is 17.5 Å². The van der Waals surface area contributed by atoms with Crippen LogP contribution in [0.2, 0.25) is 0 Å². The highest BCUT2D eigenvalue weighted by Gasteiger charge is 2.44. The van der Waals surface area contributed by atoms with Crippen LogP contribution in [0, 0.1) is 0 Å². The van der Waals surface area contributed by atoms with Crippen LogP contribution in [0.25, 0.3) is 10.7 Å². The molecule has 2 fully saturated rings. The van der Waals surface area contributed by atoms with E-state index < -0.39 is 18.1 Å². The first kappa shape index (κ1) is 21.6. The number of nitrogens with zero attached hydrogens (tertiary/aromatic N) is 5. The first-order chi connectivity index (χ1) is 15.0. The summed E-state index contributed by atoms with van der Waals surface area (Å²) in [5.41, 5.74) is 0. The second-order valence-corrected chi connectivity index (χ2v) is 9.16. The van der Waals surface area contributed by atoms with Gasteiger partial charge in [0.1, 0.15) is 6.61 Å². The van der Waals surface area contributed by atoms with Crippen molar-refractivity contribution in [1.82, 2.24) is 24.6 Å². The van der Waals surface area contributed by atoms with Gasteiger partial charge in [0, 0.05) is 26.2 Å². The molecule has 0 N–H and O–H groups in total. The van der Waals surface area contributed by atoms with Crippen LogP contribution in [-0.4, -0.2) is 87.2 Å². The lowest BCUT2D eigenvalue weighted by atomic mass is 10.0. The lowest BCUT2D eigenvalue weighted by Crippen LogP contribution is -2.52. The van der Waals surface area contributed by atoms with Crippen molar-refractivity contribution in [3.63, 3.8) is 0 Å². The van der Waals surface area contributed by atoms with Crippen molar-refractivity contribution in [1.29, 1.82) is 0 Å². The number of ether oxygens (including phenoxy) is 2. The summed E-state index contributed by atoms with van der Waals surface area (Å²) in [7, 11) is 3.18. The number of carbonyl (C=O) groups excluding carboxylic acids is 3. The molecule has 0 spiro atoms. The minimum Gasteiger partial charge on any atom is -0.467 e. The van der Waals surface area contributed by atoms with Crippen molar-refractivity contribution >= 4 is 41.1 Å². The Hall–Kier alpha value is -2.60. The zero-order chi connectivity index (χ0) is 22.0. The van der Waals surface area contributed by atoms with Gasteiger partial charge in [0.05, 0.1) is 17.7 Å². The van der Waals surface area contributed by atoms with Gasteiger partial charge in [-0.2, -0.15) is 0 Å². The third-order valence-corrected chi connectivity index (χ3v) is 7.37. The summed E-state index contributed by atoms with van der Waals surface area (Å²) in [5.74, 6) is 0.574. The number of cyclic esters (lactones) is 1. The number of piperidine rings is 1. The van der Waals surface area contributed by atoms with E-state index in [1.165, 1.54) is 23.8 Å². The zero-order valence-electron chi connectivity index (χ0n) is 17.2. The van der Waals surface area contributed by atoms with E-state index in [4.69, 9.17) is 9.47 Å². The number of thiophene rings is 1. The maximum Gasteiger partial charge on any atom is 0.410 e. The summed E-state index contributed by atoms with van der Waals surface area (Å²) >= 11 is 2.95. The third-order valence-electron chi connectivity index (χ3n) is 5.50. The van der Waals surface area contributed by atoms with Crippen LogP contribution in [0.3, 0.4) is 0 Å². The third kappa shape index (κ3) is 4.40. The Bertz CT molecular complexity index is 955. The molecule has 0 saturated carbocycles. The molecule has 4 heterocycles. The summed E-state index contributed by atoms with van der Waals surface area (Å²) in [4.78, 5) is 41.0. The number of methoxy groups -OCH3 is 1. The fraction of sp³-hybridized carbons (Fsp3) is 0.526. The Morgan fingerprint density at radius 3 is 2.77 bits per heavy atom. The molecule has 1 unspecified atom stereocenters. The van der Waals surface area contributed by atoms with Crippen LogP contribution in [0.4, 0.5) is 4.79 Å². The van der Waals surface area contributed by atoms with Gasteiger partial charge in [0.15, 0.2) is 17.0 Å². The first-order valence-electron chi connectivity index (χ1n) is 9.86. The molecule has 2 aliphatic rings. The SMILES string of the molecule is COC(=O)C1COC(=O)N1C1CCN(C(=O)CSc2nnc(-c3cccs3)n2C)CC1. The maximum atomic E-state index is 12.7. The van der Waals surface area contributed by atoms with E-state index in [2.05, 4.69) is 10.2 Å². The van der Waals surface area contributed by atoms with Crippen LogP contribution in [0.1, 0.15) is 12.8 Å². The number of hydrogen-bond acceptors (Lipinski definition) is 9. The van der Waals surface area contributed by atoms with Crippen LogP contribution < -0.4 is 0 Å². The van der Waals surface area contributed by atoms with Gasteiger partial charge >= 0.3 is 12.1 Å². The Morgan fingerprint density at radius 2 is 2.10 bits per heavy atom. The molecular formula is C19H23N5O5S2. The standard InChI is InChI=1S/C19H23N5O5S2/c1-22-16(14-4-3-9-30-14)20-21-18(22)31-11-15(25)23-7-5-12(6-8-23)24-13(17(26)28-2)10-29-19(24)27/h3-4,9,12-13H,5-8,10-11H2,1-2H3. The van der Waals surface area contributed by atoms with Gasteiger partial charge in [0.2, 0.25) is 5.91 Å². The van der Waals surface area contributed by atoms with E-state index in [1.807, 2.05) is 29.1 Å². The topological polar surface area (TPSA) is 107 Å². The summed E-state index contributed by atoms with van der Waals surface area (Å²) in [5, 5.41) is 11.1. The van der Waals surface area contributed by atoms with Gasteiger partial charge in [-0.25, -0.2) is 9.59 Å². The highest BCUT2D eigenvalue weighted by molar-refractivity contribution is 7.99. The number of carbonyl (C=O) groups is 3. The molecule has 2 aliphatic heterocycles. The predicted octanol–water partition coefficient (Wildman–Crippen LogP) is 1.62. The molecule has 10 nitrogen and oxygen atoms in total. The lowest BCUT2D eigenvalue weighted by Gasteiger charge is -2.37. The van der Waals surface area contributed by atoms with E-state index in [9.17, 15) is 14.4 Å². The predicted molar refractivity (Wildman–Crippen MR) is 114 cm³/mol. The van der Waals surface area contributed by atoms with Crippen LogP contribution >= 0.6 is 23.1 Å². The lowest BCUT2D eigenvalue weighted by molar-refractivity contribution is -0.146. The Labute approximate surface area is 187 Å².